The molecule has 0 bridgehead atoms. The molecule has 1 aliphatic heterocycles. The lowest BCUT2D eigenvalue weighted by atomic mass is 9.89. The average Bonchev–Trinajstić information content (AvgIpc) is 2.48. The molecular weight excluding hydrogens is 232 g/mol. The molecule has 0 radical (unpaired) electrons. The predicted octanol–water partition coefficient (Wildman–Crippen LogP) is 4.06. The monoisotopic (exact) mass is 258 g/mol. The van der Waals surface area contributed by atoms with Crippen LogP contribution in [0.25, 0.3) is 0 Å². The van der Waals surface area contributed by atoms with Crippen LogP contribution in [0.15, 0.2) is 18.2 Å². The third-order valence-electron chi connectivity index (χ3n) is 4.72. The van der Waals surface area contributed by atoms with Gasteiger partial charge in [0.05, 0.1) is 0 Å². The molecule has 3 rings (SSSR count). The molecule has 2 nitrogen and oxygen atoms in total. The van der Waals surface area contributed by atoms with Crippen molar-refractivity contribution in [2.24, 2.45) is 5.92 Å². The van der Waals surface area contributed by atoms with E-state index in [9.17, 15) is 0 Å². The Bertz CT molecular complexity index is 421. The van der Waals surface area contributed by atoms with Crippen molar-refractivity contribution in [3.05, 3.63) is 23.8 Å². The van der Waals surface area contributed by atoms with Crippen LogP contribution in [-0.2, 0) is 6.42 Å². The van der Waals surface area contributed by atoms with E-state index in [0.29, 0.717) is 0 Å². The molecule has 1 aromatic carbocycles. The van der Waals surface area contributed by atoms with Gasteiger partial charge in [0.25, 0.3) is 0 Å². The molecule has 104 valence electrons. The summed E-state index contributed by atoms with van der Waals surface area (Å²) in [5.41, 5.74) is 4.24. The van der Waals surface area contributed by atoms with E-state index >= 15 is 0 Å². The zero-order valence-corrected chi connectivity index (χ0v) is 12.1. The molecule has 1 aromatic rings. The van der Waals surface area contributed by atoms with Gasteiger partial charge in [-0.05, 0) is 55.4 Å². The first-order chi connectivity index (χ1) is 9.33. The van der Waals surface area contributed by atoms with E-state index in [2.05, 4.69) is 35.5 Å². The second kappa shape index (κ2) is 5.85. The van der Waals surface area contributed by atoms with Crippen LogP contribution < -0.4 is 10.2 Å². The molecule has 2 aliphatic rings. The molecule has 1 saturated carbocycles. The van der Waals surface area contributed by atoms with Gasteiger partial charge in [0.1, 0.15) is 0 Å². The van der Waals surface area contributed by atoms with Gasteiger partial charge < -0.3 is 10.2 Å². The van der Waals surface area contributed by atoms with Crippen molar-refractivity contribution in [1.82, 2.24) is 0 Å². The molecule has 1 heterocycles. The maximum Gasteiger partial charge on any atom is 0.0374 e. The number of fused-ring (bicyclic) bond motifs is 1. The number of rotatable bonds is 3. The largest absolute Gasteiger partial charge is 0.385 e. The minimum Gasteiger partial charge on any atom is -0.385 e. The SMILES string of the molecule is CN(CC1CCCCC1)c1ccc2c(c1)CCCN2. The molecular formula is C17H26N2. The summed E-state index contributed by atoms with van der Waals surface area (Å²) in [5.74, 6) is 0.910. The van der Waals surface area contributed by atoms with E-state index < -0.39 is 0 Å². The summed E-state index contributed by atoms with van der Waals surface area (Å²) in [6.45, 7) is 2.36. The normalized spacial score (nSPS) is 19.6. The van der Waals surface area contributed by atoms with Crippen LogP contribution >= 0.6 is 0 Å². The van der Waals surface area contributed by atoms with Gasteiger partial charge in [-0.15, -0.1) is 0 Å². The fraction of sp³-hybridized carbons (Fsp3) is 0.647. The topological polar surface area (TPSA) is 15.3 Å². The van der Waals surface area contributed by atoms with Crippen LogP contribution in [0.5, 0.6) is 0 Å². The summed E-state index contributed by atoms with van der Waals surface area (Å²) >= 11 is 0. The highest BCUT2D eigenvalue weighted by molar-refractivity contribution is 5.61. The smallest absolute Gasteiger partial charge is 0.0374 e. The quantitative estimate of drug-likeness (QED) is 0.879. The second-order valence-electron chi connectivity index (χ2n) is 6.26. The van der Waals surface area contributed by atoms with E-state index in [-0.39, 0.29) is 0 Å². The fourth-order valence-corrected chi connectivity index (χ4v) is 3.56. The van der Waals surface area contributed by atoms with Crippen molar-refractivity contribution in [1.29, 1.82) is 0 Å². The van der Waals surface area contributed by atoms with Crippen molar-refractivity contribution < 1.29 is 0 Å². The number of aryl methyl sites for hydroxylation is 1. The van der Waals surface area contributed by atoms with Gasteiger partial charge in [-0.25, -0.2) is 0 Å². The summed E-state index contributed by atoms with van der Waals surface area (Å²) in [6.07, 6.45) is 9.67. The first kappa shape index (κ1) is 12.8. The molecule has 1 aliphatic carbocycles. The summed E-state index contributed by atoms with van der Waals surface area (Å²) in [6, 6.07) is 6.94. The molecule has 0 spiro atoms. The van der Waals surface area contributed by atoms with Gasteiger partial charge >= 0.3 is 0 Å². The Morgan fingerprint density at radius 2 is 2.00 bits per heavy atom. The third-order valence-corrected chi connectivity index (χ3v) is 4.72. The van der Waals surface area contributed by atoms with Gasteiger partial charge in [0.15, 0.2) is 0 Å². The van der Waals surface area contributed by atoms with E-state index in [0.717, 1.165) is 12.5 Å². The molecule has 0 amide bonds. The minimum absolute atomic E-state index is 0.910. The second-order valence-corrected chi connectivity index (χ2v) is 6.26. The van der Waals surface area contributed by atoms with Crippen LogP contribution in [0.4, 0.5) is 11.4 Å². The highest BCUT2D eigenvalue weighted by Gasteiger charge is 2.16. The van der Waals surface area contributed by atoms with Crippen LogP contribution in [-0.4, -0.2) is 20.1 Å². The number of nitrogens with zero attached hydrogens (tertiary/aromatic N) is 1. The van der Waals surface area contributed by atoms with Gasteiger partial charge in [-0.3, -0.25) is 0 Å². The molecule has 0 unspecified atom stereocenters. The van der Waals surface area contributed by atoms with Crippen molar-refractivity contribution >= 4 is 11.4 Å². The molecule has 2 heteroatoms. The average molecular weight is 258 g/mol. The summed E-state index contributed by atoms with van der Waals surface area (Å²) in [4.78, 5) is 2.46. The maximum atomic E-state index is 3.49. The number of hydrogen-bond acceptors (Lipinski definition) is 2. The van der Waals surface area contributed by atoms with Gasteiger partial charge in [-0.2, -0.15) is 0 Å². The molecule has 1 fully saturated rings. The van der Waals surface area contributed by atoms with Crippen molar-refractivity contribution in [3.63, 3.8) is 0 Å². The zero-order valence-electron chi connectivity index (χ0n) is 12.1. The summed E-state index contributed by atoms with van der Waals surface area (Å²) in [7, 11) is 2.26. The predicted molar refractivity (Wildman–Crippen MR) is 83.1 cm³/mol. The van der Waals surface area contributed by atoms with Crippen LogP contribution in [0, 0.1) is 5.92 Å². The Labute approximate surface area is 117 Å². The van der Waals surface area contributed by atoms with E-state index in [4.69, 9.17) is 0 Å². The molecule has 1 N–H and O–H groups in total. The highest BCUT2D eigenvalue weighted by Crippen LogP contribution is 2.29. The molecule has 0 aromatic heterocycles. The lowest BCUT2D eigenvalue weighted by Gasteiger charge is -2.29. The van der Waals surface area contributed by atoms with Crippen LogP contribution in [0.2, 0.25) is 0 Å². The standard InChI is InChI=1S/C17H26N2/c1-19(13-14-6-3-2-4-7-14)16-9-10-17-15(12-16)8-5-11-18-17/h9-10,12,14,18H,2-8,11,13H2,1H3. The molecule has 0 atom stereocenters. The third kappa shape index (κ3) is 3.05. The lowest BCUT2D eigenvalue weighted by Crippen LogP contribution is -2.27. The van der Waals surface area contributed by atoms with Crippen LogP contribution in [0.3, 0.4) is 0 Å². The number of hydrogen-bond donors (Lipinski definition) is 1. The van der Waals surface area contributed by atoms with Gasteiger partial charge in [-0.1, -0.05) is 19.3 Å². The van der Waals surface area contributed by atoms with Crippen molar-refractivity contribution in [2.75, 3.05) is 30.4 Å². The lowest BCUT2D eigenvalue weighted by molar-refractivity contribution is 0.362. The van der Waals surface area contributed by atoms with E-state index in [1.807, 2.05) is 0 Å². The van der Waals surface area contributed by atoms with Crippen LogP contribution in [0.1, 0.15) is 44.1 Å². The number of nitrogens with one attached hydrogen (secondary N) is 1. The zero-order chi connectivity index (χ0) is 13.1. The van der Waals surface area contributed by atoms with E-state index in [1.54, 1.807) is 0 Å². The Morgan fingerprint density at radius 1 is 1.16 bits per heavy atom. The van der Waals surface area contributed by atoms with E-state index in [1.165, 1.54) is 68.4 Å². The van der Waals surface area contributed by atoms with Gasteiger partial charge in [0.2, 0.25) is 0 Å². The summed E-state index contributed by atoms with van der Waals surface area (Å²) < 4.78 is 0. The Morgan fingerprint density at radius 3 is 2.84 bits per heavy atom. The Balaban J connectivity index is 1.67. The highest BCUT2D eigenvalue weighted by atomic mass is 15.1. The number of anilines is 2. The molecule has 0 saturated heterocycles. The van der Waals surface area contributed by atoms with Crippen molar-refractivity contribution in [3.8, 4) is 0 Å². The first-order valence-corrected chi connectivity index (χ1v) is 7.91. The van der Waals surface area contributed by atoms with Crippen molar-refractivity contribution in [2.45, 2.75) is 44.9 Å². The Kier molecular flexibility index (Phi) is 3.95. The first-order valence-electron chi connectivity index (χ1n) is 7.91. The molecule has 19 heavy (non-hydrogen) atoms. The maximum absolute atomic E-state index is 3.49. The van der Waals surface area contributed by atoms with Gasteiger partial charge in [0, 0.05) is 31.5 Å². The summed E-state index contributed by atoms with van der Waals surface area (Å²) in [5, 5.41) is 3.49. The minimum atomic E-state index is 0.910. The number of benzene rings is 1. The fourth-order valence-electron chi connectivity index (χ4n) is 3.56. The Hall–Kier alpha value is -1.18.